The lowest BCUT2D eigenvalue weighted by atomic mass is 10.2. The molecule has 3 aromatic rings. The molecule has 0 aliphatic carbocycles. The van der Waals surface area contributed by atoms with Crippen molar-refractivity contribution in [3.63, 3.8) is 0 Å². The molecule has 0 spiro atoms. The van der Waals surface area contributed by atoms with Gasteiger partial charge >= 0.3 is 0 Å². The summed E-state index contributed by atoms with van der Waals surface area (Å²) in [6.45, 7) is 3.63. The van der Waals surface area contributed by atoms with Crippen LogP contribution in [0, 0.1) is 18.3 Å². The van der Waals surface area contributed by atoms with Crippen LogP contribution in [0.1, 0.15) is 22.4 Å². The molecule has 3 heterocycles. The van der Waals surface area contributed by atoms with Crippen molar-refractivity contribution in [1.29, 1.82) is 5.26 Å². The number of rotatable bonds is 3. The molecule has 0 N–H and O–H groups in total. The van der Waals surface area contributed by atoms with Crippen molar-refractivity contribution < 1.29 is 4.74 Å². The quantitative estimate of drug-likeness (QED) is 0.742. The number of benzene rings is 1. The van der Waals surface area contributed by atoms with Gasteiger partial charge in [0.05, 0.1) is 13.3 Å². The monoisotopic (exact) mass is 319 g/mol. The van der Waals surface area contributed by atoms with Crippen LogP contribution in [0.5, 0.6) is 5.75 Å². The first-order valence-corrected chi connectivity index (χ1v) is 7.87. The van der Waals surface area contributed by atoms with Gasteiger partial charge in [-0.1, -0.05) is 18.2 Å². The van der Waals surface area contributed by atoms with Crippen LogP contribution in [-0.2, 0) is 13.0 Å². The number of para-hydroxylation sites is 1. The van der Waals surface area contributed by atoms with E-state index < -0.39 is 0 Å². The lowest BCUT2D eigenvalue weighted by Crippen LogP contribution is -2.22. The second kappa shape index (κ2) is 5.53. The van der Waals surface area contributed by atoms with Crippen molar-refractivity contribution >= 4 is 11.5 Å². The van der Waals surface area contributed by atoms with Gasteiger partial charge in [0.2, 0.25) is 0 Å². The molecule has 0 unspecified atom stereocenters. The molecule has 6 heteroatoms. The summed E-state index contributed by atoms with van der Waals surface area (Å²) in [7, 11) is 1.69. The van der Waals surface area contributed by atoms with Gasteiger partial charge in [0, 0.05) is 29.9 Å². The van der Waals surface area contributed by atoms with Gasteiger partial charge in [-0.05, 0) is 19.4 Å². The highest BCUT2D eigenvalue weighted by molar-refractivity contribution is 5.65. The minimum absolute atomic E-state index is 0.505. The number of hydrogen-bond donors (Lipinski definition) is 0. The predicted molar refractivity (Wildman–Crippen MR) is 90.2 cm³/mol. The average Bonchev–Trinajstić information content (AvgIpc) is 3.19. The highest BCUT2D eigenvalue weighted by atomic mass is 16.5. The van der Waals surface area contributed by atoms with Gasteiger partial charge in [-0.3, -0.25) is 0 Å². The summed E-state index contributed by atoms with van der Waals surface area (Å²) < 4.78 is 7.27. The molecule has 0 amide bonds. The van der Waals surface area contributed by atoms with Crippen LogP contribution in [0.3, 0.4) is 0 Å². The van der Waals surface area contributed by atoms with E-state index in [4.69, 9.17) is 4.74 Å². The van der Waals surface area contributed by atoms with Crippen molar-refractivity contribution in [3.8, 4) is 11.8 Å². The van der Waals surface area contributed by atoms with Gasteiger partial charge in [-0.2, -0.15) is 14.9 Å². The van der Waals surface area contributed by atoms with E-state index in [0.29, 0.717) is 11.2 Å². The van der Waals surface area contributed by atoms with Crippen LogP contribution >= 0.6 is 0 Å². The molecule has 1 aliphatic heterocycles. The molecule has 1 aliphatic rings. The van der Waals surface area contributed by atoms with E-state index in [2.05, 4.69) is 27.1 Å². The summed E-state index contributed by atoms with van der Waals surface area (Å²) in [6, 6.07) is 10.2. The molecule has 0 fully saturated rings. The van der Waals surface area contributed by atoms with E-state index >= 15 is 0 Å². The maximum Gasteiger partial charge on any atom is 0.175 e. The summed E-state index contributed by atoms with van der Waals surface area (Å²) in [5, 5.41) is 13.7. The van der Waals surface area contributed by atoms with Crippen LogP contribution < -0.4 is 9.64 Å². The van der Waals surface area contributed by atoms with E-state index in [1.807, 2.05) is 25.1 Å². The lowest BCUT2D eigenvalue weighted by molar-refractivity contribution is 0.409. The largest absolute Gasteiger partial charge is 0.496 e. The van der Waals surface area contributed by atoms with Crippen LogP contribution in [0.2, 0.25) is 0 Å². The summed E-state index contributed by atoms with van der Waals surface area (Å²) in [5.41, 5.74) is 4.43. The Hall–Kier alpha value is -3.07. The highest BCUT2D eigenvalue weighted by Crippen LogP contribution is 2.33. The van der Waals surface area contributed by atoms with Gasteiger partial charge in [0.1, 0.15) is 23.2 Å². The molecule has 4 rings (SSSR count). The number of nitriles is 1. The summed E-state index contributed by atoms with van der Waals surface area (Å²) in [4.78, 5) is 6.86. The first-order valence-electron chi connectivity index (χ1n) is 7.87. The van der Waals surface area contributed by atoms with Crippen LogP contribution in [-0.4, -0.2) is 28.3 Å². The van der Waals surface area contributed by atoms with Gasteiger partial charge in [0.15, 0.2) is 5.65 Å². The number of hydrogen-bond acceptors (Lipinski definition) is 5. The molecular weight excluding hydrogens is 302 g/mol. The third-order valence-corrected chi connectivity index (χ3v) is 4.53. The van der Waals surface area contributed by atoms with E-state index in [1.54, 1.807) is 17.8 Å². The summed E-state index contributed by atoms with van der Waals surface area (Å²) in [6.07, 6.45) is 2.52. The molecule has 1 aromatic carbocycles. The molecule has 120 valence electrons. The second-order valence-electron chi connectivity index (χ2n) is 5.89. The average molecular weight is 319 g/mol. The van der Waals surface area contributed by atoms with Gasteiger partial charge in [-0.15, -0.1) is 0 Å². The van der Waals surface area contributed by atoms with E-state index in [9.17, 15) is 5.26 Å². The minimum atomic E-state index is 0.505. The Morgan fingerprint density at radius 1 is 1.33 bits per heavy atom. The van der Waals surface area contributed by atoms with Crippen molar-refractivity contribution in [2.75, 3.05) is 18.6 Å². The molecule has 0 bridgehead atoms. The third-order valence-electron chi connectivity index (χ3n) is 4.53. The molecular formula is C18H17N5O. The second-order valence-corrected chi connectivity index (χ2v) is 5.89. The maximum absolute atomic E-state index is 9.26. The number of ether oxygens (including phenoxy) is 1. The number of aryl methyl sites for hydroxylation is 1. The Balaban J connectivity index is 1.82. The number of nitrogens with zero attached hydrogens (tertiary/aromatic N) is 5. The Kier molecular flexibility index (Phi) is 3.35. The third kappa shape index (κ3) is 2.09. The molecule has 2 aromatic heterocycles. The fraction of sp³-hybridized carbons (Fsp3) is 0.278. The standard InChI is InChI=1S/C18H17N5O/c1-12-15-7-8-22(11-13-5-3-4-6-16(13)24-2)18(15)23-17(21-12)14(9-19)10-20-23/h3-6,10H,7-8,11H2,1-2H3. The fourth-order valence-electron chi connectivity index (χ4n) is 3.36. The molecule has 0 saturated heterocycles. The maximum atomic E-state index is 9.26. The van der Waals surface area contributed by atoms with Crippen molar-refractivity contribution in [3.05, 3.63) is 52.8 Å². The van der Waals surface area contributed by atoms with Gasteiger partial charge in [0.25, 0.3) is 0 Å². The van der Waals surface area contributed by atoms with E-state index in [-0.39, 0.29) is 0 Å². The topological polar surface area (TPSA) is 66.5 Å². The van der Waals surface area contributed by atoms with Crippen molar-refractivity contribution in [2.45, 2.75) is 19.9 Å². The van der Waals surface area contributed by atoms with Crippen LogP contribution in [0.15, 0.2) is 30.5 Å². The molecule has 0 atom stereocenters. The zero-order valence-corrected chi connectivity index (χ0v) is 13.7. The Morgan fingerprint density at radius 3 is 2.96 bits per heavy atom. The minimum Gasteiger partial charge on any atom is -0.496 e. The van der Waals surface area contributed by atoms with E-state index in [0.717, 1.165) is 42.3 Å². The number of aromatic nitrogens is 3. The van der Waals surface area contributed by atoms with Crippen molar-refractivity contribution in [1.82, 2.24) is 14.6 Å². The van der Waals surface area contributed by atoms with Gasteiger partial charge < -0.3 is 9.64 Å². The van der Waals surface area contributed by atoms with Crippen LogP contribution in [0.4, 0.5) is 5.82 Å². The lowest BCUT2D eigenvalue weighted by Gasteiger charge is -2.21. The predicted octanol–water partition coefficient (Wildman–Crippen LogP) is 2.48. The normalized spacial score (nSPS) is 13.1. The van der Waals surface area contributed by atoms with Crippen molar-refractivity contribution in [2.24, 2.45) is 0 Å². The number of fused-ring (bicyclic) bond motifs is 3. The summed E-state index contributed by atoms with van der Waals surface area (Å²) >= 11 is 0. The smallest absolute Gasteiger partial charge is 0.175 e. The first-order chi connectivity index (χ1) is 11.7. The Morgan fingerprint density at radius 2 is 2.17 bits per heavy atom. The van der Waals surface area contributed by atoms with Gasteiger partial charge in [-0.25, -0.2) is 4.98 Å². The molecule has 0 saturated carbocycles. The first kappa shape index (κ1) is 14.5. The SMILES string of the molecule is COc1ccccc1CN1CCc2c(C)nc3c(C#N)cnn3c21. The summed E-state index contributed by atoms with van der Waals surface area (Å²) in [5.74, 6) is 1.91. The molecule has 6 nitrogen and oxygen atoms in total. The Bertz CT molecular complexity index is 969. The molecule has 0 radical (unpaired) electrons. The highest BCUT2D eigenvalue weighted by Gasteiger charge is 2.27. The zero-order valence-electron chi connectivity index (χ0n) is 13.7. The number of anilines is 1. The Labute approximate surface area is 139 Å². The fourth-order valence-corrected chi connectivity index (χ4v) is 3.36. The van der Waals surface area contributed by atoms with E-state index in [1.165, 1.54) is 5.56 Å². The molecule has 24 heavy (non-hydrogen) atoms. The van der Waals surface area contributed by atoms with Crippen LogP contribution in [0.25, 0.3) is 5.65 Å². The zero-order chi connectivity index (χ0) is 16.7. The number of methoxy groups -OCH3 is 1.